The Labute approximate surface area is 116 Å². The van der Waals surface area contributed by atoms with E-state index in [9.17, 15) is 0 Å². The Morgan fingerprint density at radius 3 is 3.00 bits per heavy atom. The highest BCUT2D eigenvalue weighted by molar-refractivity contribution is 7.18. The fraction of sp³-hybridized carbons (Fsp3) is 0.538. The van der Waals surface area contributed by atoms with Crippen LogP contribution in [0.15, 0.2) is 6.07 Å². The molecule has 0 saturated carbocycles. The van der Waals surface area contributed by atoms with Crippen LogP contribution in [0.5, 0.6) is 5.88 Å². The molecular weight excluding hydrogens is 262 g/mol. The summed E-state index contributed by atoms with van der Waals surface area (Å²) in [6, 6.07) is 2.08. The summed E-state index contributed by atoms with van der Waals surface area (Å²) in [7, 11) is 0. The average Bonchev–Trinajstić information content (AvgIpc) is 2.71. The molecule has 0 bridgehead atoms. The zero-order valence-corrected chi connectivity index (χ0v) is 11.9. The third-order valence-electron chi connectivity index (χ3n) is 2.90. The summed E-state index contributed by atoms with van der Waals surface area (Å²) >= 11 is 1.66. The molecule has 0 unspecified atom stereocenters. The van der Waals surface area contributed by atoms with Crippen LogP contribution in [0.25, 0.3) is 10.2 Å². The molecule has 1 N–H and O–H groups in total. The normalized spacial score (nSPS) is 15.5. The molecule has 0 atom stereocenters. The zero-order valence-electron chi connectivity index (χ0n) is 11.1. The van der Waals surface area contributed by atoms with Crippen molar-refractivity contribution in [3.63, 3.8) is 0 Å². The first kappa shape index (κ1) is 12.6. The van der Waals surface area contributed by atoms with Crippen molar-refractivity contribution in [1.82, 2.24) is 9.97 Å². The quantitative estimate of drug-likeness (QED) is 0.911. The van der Waals surface area contributed by atoms with Crippen molar-refractivity contribution in [2.45, 2.75) is 26.4 Å². The summed E-state index contributed by atoms with van der Waals surface area (Å²) in [5.74, 6) is 1.31. The van der Waals surface area contributed by atoms with Gasteiger partial charge in [0.2, 0.25) is 11.8 Å². The number of aromatic nitrogens is 2. The first-order chi connectivity index (χ1) is 9.26. The molecule has 0 amide bonds. The summed E-state index contributed by atoms with van der Waals surface area (Å²) in [6.07, 6.45) is 1.16. The molecule has 0 aromatic carbocycles. The molecule has 3 heterocycles. The Bertz CT molecular complexity index is 581. The number of thiophene rings is 1. The van der Waals surface area contributed by atoms with Gasteiger partial charge in [0, 0.05) is 11.4 Å². The third-order valence-corrected chi connectivity index (χ3v) is 3.84. The number of fused-ring (bicyclic) bond motifs is 1. The molecule has 2 aromatic heterocycles. The molecular formula is C13H17N3O2S. The molecule has 1 aliphatic rings. The predicted octanol–water partition coefficient (Wildman–Crippen LogP) is 2.60. The van der Waals surface area contributed by atoms with Gasteiger partial charge in [-0.1, -0.05) is 6.92 Å². The van der Waals surface area contributed by atoms with Crippen LogP contribution < -0.4 is 10.1 Å². The lowest BCUT2D eigenvalue weighted by Gasteiger charge is -2.26. The third kappa shape index (κ3) is 2.64. The monoisotopic (exact) mass is 279 g/mol. The SMILES string of the molecule is CCCNc1nc(OC2COC2)c2cc(C)sc2n1. The summed E-state index contributed by atoms with van der Waals surface area (Å²) in [4.78, 5) is 11.2. The molecule has 1 fully saturated rings. The van der Waals surface area contributed by atoms with Gasteiger partial charge in [0.15, 0.2) is 0 Å². The maximum absolute atomic E-state index is 5.89. The first-order valence-electron chi connectivity index (χ1n) is 6.52. The van der Waals surface area contributed by atoms with Crippen LogP contribution in [0.4, 0.5) is 5.95 Å². The topological polar surface area (TPSA) is 56.3 Å². The minimum atomic E-state index is 0.123. The van der Waals surface area contributed by atoms with Crippen LogP contribution in [0.1, 0.15) is 18.2 Å². The lowest BCUT2D eigenvalue weighted by atomic mass is 10.3. The smallest absolute Gasteiger partial charge is 0.227 e. The maximum atomic E-state index is 5.89. The molecule has 5 nitrogen and oxygen atoms in total. The van der Waals surface area contributed by atoms with Crippen LogP contribution >= 0.6 is 11.3 Å². The number of rotatable bonds is 5. The van der Waals surface area contributed by atoms with Gasteiger partial charge in [-0.15, -0.1) is 11.3 Å². The van der Waals surface area contributed by atoms with Crippen molar-refractivity contribution < 1.29 is 9.47 Å². The fourth-order valence-electron chi connectivity index (χ4n) is 1.86. The van der Waals surface area contributed by atoms with Gasteiger partial charge in [-0.3, -0.25) is 0 Å². The fourth-order valence-corrected chi connectivity index (χ4v) is 2.73. The van der Waals surface area contributed by atoms with Crippen molar-refractivity contribution in [3.05, 3.63) is 10.9 Å². The van der Waals surface area contributed by atoms with E-state index in [1.807, 2.05) is 0 Å². The van der Waals surface area contributed by atoms with Crippen LogP contribution in [0, 0.1) is 6.92 Å². The average molecular weight is 279 g/mol. The van der Waals surface area contributed by atoms with Crippen molar-refractivity contribution >= 4 is 27.5 Å². The Hall–Kier alpha value is -1.40. The van der Waals surface area contributed by atoms with E-state index in [4.69, 9.17) is 9.47 Å². The van der Waals surface area contributed by atoms with Crippen LogP contribution in [-0.4, -0.2) is 35.8 Å². The van der Waals surface area contributed by atoms with Gasteiger partial charge in [-0.25, -0.2) is 4.98 Å². The highest BCUT2D eigenvalue weighted by Gasteiger charge is 2.23. The van der Waals surface area contributed by atoms with Crippen molar-refractivity contribution in [2.24, 2.45) is 0 Å². The van der Waals surface area contributed by atoms with Gasteiger partial charge in [0.05, 0.1) is 18.6 Å². The molecule has 19 heavy (non-hydrogen) atoms. The van der Waals surface area contributed by atoms with E-state index in [0.29, 0.717) is 25.0 Å². The summed E-state index contributed by atoms with van der Waals surface area (Å²) < 4.78 is 11.0. The summed E-state index contributed by atoms with van der Waals surface area (Å²) in [6.45, 7) is 6.34. The number of anilines is 1. The summed E-state index contributed by atoms with van der Waals surface area (Å²) in [5.41, 5.74) is 0. The second-order valence-corrected chi connectivity index (χ2v) is 5.87. The van der Waals surface area contributed by atoms with Crippen molar-refractivity contribution in [2.75, 3.05) is 25.1 Å². The molecule has 102 valence electrons. The summed E-state index contributed by atoms with van der Waals surface area (Å²) in [5, 5.41) is 4.22. The zero-order chi connectivity index (χ0) is 13.2. The number of hydrogen-bond donors (Lipinski definition) is 1. The highest BCUT2D eigenvalue weighted by Crippen LogP contribution is 2.32. The molecule has 6 heteroatoms. The van der Waals surface area contributed by atoms with E-state index in [1.54, 1.807) is 11.3 Å². The Balaban J connectivity index is 1.94. The Kier molecular flexibility index (Phi) is 3.52. The lowest BCUT2D eigenvalue weighted by Crippen LogP contribution is -2.38. The molecule has 0 spiro atoms. The molecule has 0 radical (unpaired) electrons. The molecule has 3 rings (SSSR count). The molecule has 1 aliphatic heterocycles. The van der Waals surface area contributed by atoms with E-state index in [-0.39, 0.29) is 6.10 Å². The highest BCUT2D eigenvalue weighted by atomic mass is 32.1. The van der Waals surface area contributed by atoms with Gasteiger partial charge in [-0.05, 0) is 19.4 Å². The maximum Gasteiger partial charge on any atom is 0.227 e. The second-order valence-electron chi connectivity index (χ2n) is 4.63. The van der Waals surface area contributed by atoms with Gasteiger partial charge < -0.3 is 14.8 Å². The molecule has 1 saturated heterocycles. The number of hydrogen-bond acceptors (Lipinski definition) is 6. The number of ether oxygens (including phenoxy) is 2. The largest absolute Gasteiger partial charge is 0.469 e. The van der Waals surface area contributed by atoms with Gasteiger partial charge >= 0.3 is 0 Å². The minimum absolute atomic E-state index is 0.123. The van der Waals surface area contributed by atoms with Gasteiger partial charge in [-0.2, -0.15) is 4.98 Å². The van der Waals surface area contributed by atoms with Crippen LogP contribution in [-0.2, 0) is 4.74 Å². The second kappa shape index (κ2) is 5.30. The van der Waals surface area contributed by atoms with Crippen LogP contribution in [0.3, 0.4) is 0 Å². The van der Waals surface area contributed by atoms with E-state index < -0.39 is 0 Å². The number of aryl methyl sites for hydroxylation is 1. The minimum Gasteiger partial charge on any atom is -0.469 e. The Morgan fingerprint density at radius 2 is 2.32 bits per heavy atom. The lowest BCUT2D eigenvalue weighted by molar-refractivity contribution is -0.0806. The first-order valence-corrected chi connectivity index (χ1v) is 7.34. The van der Waals surface area contributed by atoms with Crippen molar-refractivity contribution in [1.29, 1.82) is 0 Å². The van der Waals surface area contributed by atoms with E-state index in [2.05, 4.69) is 35.2 Å². The van der Waals surface area contributed by atoms with E-state index >= 15 is 0 Å². The van der Waals surface area contributed by atoms with Gasteiger partial charge in [0.1, 0.15) is 10.9 Å². The van der Waals surface area contributed by atoms with E-state index in [0.717, 1.165) is 23.2 Å². The molecule has 0 aliphatic carbocycles. The molecule has 2 aromatic rings. The predicted molar refractivity (Wildman–Crippen MR) is 76.2 cm³/mol. The standard InChI is InChI=1S/C13H17N3O2S/c1-3-4-14-13-15-11(18-9-6-17-7-9)10-5-8(2)19-12(10)16-13/h5,9H,3-4,6-7H2,1-2H3,(H,14,15,16). The number of nitrogens with zero attached hydrogens (tertiary/aromatic N) is 2. The van der Waals surface area contributed by atoms with E-state index in [1.165, 1.54) is 4.88 Å². The number of nitrogens with one attached hydrogen (secondary N) is 1. The van der Waals surface area contributed by atoms with Crippen LogP contribution in [0.2, 0.25) is 0 Å². The Morgan fingerprint density at radius 1 is 1.47 bits per heavy atom. The van der Waals surface area contributed by atoms with Gasteiger partial charge in [0.25, 0.3) is 0 Å². The van der Waals surface area contributed by atoms with Crippen molar-refractivity contribution in [3.8, 4) is 5.88 Å².